The van der Waals surface area contributed by atoms with E-state index in [4.69, 9.17) is 4.98 Å². The molecule has 1 atom stereocenters. The molecular weight excluding hydrogens is 408 g/mol. The first-order chi connectivity index (χ1) is 15.2. The largest absolute Gasteiger partial charge is 0.375 e. The zero-order valence-electron chi connectivity index (χ0n) is 19.2. The highest BCUT2D eigenvalue weighted by atomic mass is 19.3. The second-order valence-electron chi connectivity index (χ2n) is 9.27. The van der Waals surface area contributed by atoms with E-state index < -0.39 is 5.92 Å². The standard InChI is InChI=1S/C25H33F2N5/c1-17(2)31-12-8-19(9-13-31)20-14-23(30-24(15-20)32-11-5-6-18(32)3)29-22-16-21(7-10-28-22)25(4,26)27/h7,10,14-16,18-19H,1,5-6,8-9,11-13H2,2-4H3,(H,28,29,30). The number of pyridine rings is 2. The number of likely N-dealkylation sites (tertiary alicyclic amines) is 1. The summed E-state index contributed by atoms with van der Waals surface area (Å²) in [5, 5.41) is 3.19. The van der Waals surface area contributed by atoms with Crippen LogP contribution in [0.4, 0.5) is 26.2 Å². The Labute approximate surface area is 189 Å². The average Bonchev–Trinajstić information content (AvgIpc) is 3.19. The van der Waals surface area contributed by atoms with Crippen molar-refractivity contribution in [3.8, 4) is 0 Å². The van der Waals surface area contributed by atoms with Crippen LogP contribution in [0.5, 0.6) is 0 Å². The van der Waals surface area contributed by atoms with Crippen molar-refractivity contribution >= 4 is 17.5 Å². The van der Waals surface area contributed by atoms with E-state index in [9.17, 15) is 8.78 Å². The zero-order chi connectivity index (χ0) is 22.9. The molecule has 4 rings (SSSR count). The second-order valence-corrected chi connectivity index (χ2v) is 9.27. The SMILES string of the molecule is C=C(C)N1CCC(c2cc(Nc3cc(C(C)(F)F)ccn3)nc(N3CCCC3C)c2)CC1. The third-order valence-corrected chi connectivity index (χ3v) is 6.71. The molecule has 4 heterocycles. The maximum absolute atomic E-state index is 13.8. The van der Waals surface area contributed by atoms with Crippen LogP contribution in [0.25, 0.3) is 0 Å². The number of hydrogen-bond donors (Lipinski definition) is 1. The number of hydrogen-bond acceptors (Lipinski definition) is 5. The second kappa shape index (κ2) is 9.04. The van der Waals surface area contributed by atoms with Crippen molar-refractivity contribution in [2.24, 2.45) is 0 Å². The predicted molar refractivity (Wildman–Crippen MR) is 126 cm³/mol. The summed E-state index contributed by atoms with van der Waals surface area (Å²) in [6.45, 7) is 12.2. The van der Waals surface area contributed by atoms with Crippen LogP contribution in [0.15, 0.2) is 42.7 Å². The van der Waals surface area contributed by atoms with Gasteiger partial charge in [-0.2, -0.15) is 0 Å². The van der Waals surface area contributed by atoms with Crippen LogP contribution in [-0.2, 0) is 5.92 Å². The van der Waals surface area contributed by atoms with Crippen LogP contribution in [0.2, 0.25) is 0 Å². The van der Waals surface area contributed by atoms with Gasteiger partial charge < -0.3 is 15.1 Å². The van der Waals surface area contributed by atoms with E-state index in [-0.39, 0.29) is 5.56 Å². The monoisotopic (exact) mass is 441 g/mol. The van der Waals surface area contributed by atoms with Gasteiger partial charge in [-0.25, -0.2) is 18.7 Å². The van der Waals surface area contributed by atoms with E-state index in [1.54, 1.807) is 0 Å². The third-order valence-electron chi connectivity index (χ3n) is 6.71. The van der Waals surface area contributed by atoms with Crippen LogP contribution in [0.1, 0.15) is 63.5 Å². The fourth-order valence-corrected chi connectivity index (χ4v) is 4.75. The number of piperidine rings is 1. The fraction of sp³-hybridized carbons (Fsp3) is 0.520. The fourth-order valence-electron chi connectivity index (χ4n) is 4.75. The highest BCUT2D eigenvalue weighted by Crippen LogP contribution is 2.35. The molecule has 0 saturated carbocycles. The van der Waals surface area contributed by atoms with Gasteiger partial charge in [0.15, 0.2) is 0 Å². The summed E-state index contributed by atoms with van der Waals surface area (Å²) in [6.07, 6.45) is 5.83. The Hall–Kier alpha value is -2.70. The maximum atomic E-state index is 13.8. The number of halogens is 2. The van der Waals surface area contributed by atoms with Crippen LogP contribution >= 0.6 is 0 Å². The summed E-state index contributed by atoms with van der Waals surface area (Å²) in [6, 6.07) is 7.47. The lowest BCUT2D eigenvalue weighted by Gasteiger charge is -2.34. The molecule has 0 amide bonds. The molecular formula is C25H33F2N5. The highest BCUT2D eigenvalue weighted by Gasteiger charge is 2.27. The van der Waals surface area contributed by atoms with E-state index in [1.807, 2.05) is 0 Å². The molecule has 2 aliphatic rings. The minimum atomic E-state index is -2.91. The number of nitrogens with zero attached hydrogens (tertiary/aromatic N) is 4. The lowest BCUT2D eigenvalue weighted by Crippen LogP contribution is -2.31. The molecule has 2 aromatic heterocycles. The summed E-state index contributed by atoms with van der Waals surface area (Å²) in [7, 11) is 0. The molecule has 0 aliphatic carbocycles. The number of anilines is 3. The summed E-state index contributed by atoms with van der Waals surface area (Å²) < 4.78 is 27.6. The van der Waals surface area contributed by atoms with Crippen molar-refractivity contribution in [3.05, 3.63) is 53.9 Å². The molecule has 0 radical (unpaired) electrons. The maximum Gasteiger partial charge on any atom is 0.270 e. The lowest BCUT2D eigenvalue weighted by atomic mass is 9.89. The van der Waals surface area contributed by atoms with Crippen molar-refractivity contribution in [3.63, 3.8) is 0 Å². The van der Waals surface area contributed by atoms with Crippen molar-refractivity contribution < 1.29 is 8.78 Å². The van der Waals surface area contributed by atoms with Gasteiger partial charge in [0, 0.05) is 50.1 Å². The normalized spacial score (nSPS) is 20.0. The first-order valence-electron chi connectivity index (χ1n) is 11.5. The Morgan fingerprint density at radius 1 is 1.12 bits per heavy atom. The van der Waals surface area contributed by atoms with Crippen LogP contribution in [-0.4, -0.2) is 40.5 Å². The summed E-state index contributed by atoms with van der Waals surface area (Å²) >= 11 is 0. The number of allylic oxidation sites excluding steroid dienone is 1. The number of aromatic nitrogens is 2. The van der Waals surface area contributed by atoms with Crippen LogP contribution in [0.3, 0.4) is 0 Å². The Balaban J connectivity index is 1.63. The number of nitrogens with one attached hydrogen (secondary N) is 1. The van der Waals surface area contributed by atoms with E-state index in [1.165, 1.54) is 23.9 Å². The zero-order valence-corrected chi connectivity index (χ0v) is 19.2. The van der Waals surface area contributed by atoms with Gasteiger partial charge in [0.05, 0.1) is 0 Å². The Morgan fingerprint density at radius 3 is 2.50 bits per heavy atom. The molecule has 1 N–H and O–H groups in total. The van der Waals surface area contributed by atoms with Crippen molar-refractivity contribution in [2.45, 2.75) is 64.3 Å². The molecule has 2 aromatic rings. The Kier molecular flexibility index (Phi) is 6.35. The molecule has 2 saturated heterocycles. The van der Waals surface area contributed by atoms with Gasteiger partial charge >= 0.3 is 0 Å². The summed E-state index contributed by atoms with van der Waals surface area (Å²) in [5.74, 6) is -0.490. The number of rotatable bonds is 6. The average molecular weight is 442 g/mol. The number of alkyl halides is 2. The molecule has 2 aliphatic heterocycles. The van der Waals surface area contributed by atoms with Gasteiger partial charge in [-0.05, 0) is 75.3 Å². The summed E-state index contributed by atoms with van der Waals surface area (Å²) in [4.78, 5) is 13.8. The highest BCUT2D eigenvalue weighted by molar-refractivity contribution is 5.59. The van der Waals surface area contributed by atoms with Gasteiger partial charge in [0.2, 0.25) is 0 Å². The molecule has 7 heteroatoms. The quantitative estimate of drug-likeness (QED) is 0.593. The minimum absolute atomic E-state index is 0.0632. The van der Waals surface area contributed by atoms with E-state index >= 15 is 0 Å². The van der Waals surface area contributed by atoms with Gasteiger partial charge in [-0.3, -0.25) is 0 Å². The molecule has 0 bridgehead atoms. The smallest absolute Gasteiger partial charge is 0.270 e. The molecule has 5 nitrogen and oxygen atoms in total. The van der Waals surface area contributed by atoms with Crippen LogP contribution < -0.4 is 10.2 Å². The van der Waals surface area contributed by atoms with Crippen molar-refractivity contribution in [1.82, 2.24) is 14.9 Å². The van der Waals surface area contributed by atoms with Crippen LogP contribution in [0, 0.1) is 0 Å². The van der Waals surface area contributed by atoms with E-state index in [0.717, 1.165) is 63.8 Å². The van der Waals surface area contributed by atoms with Gasteiger partial charge in [-0.1, -0.05) is 6.58 Å². The first kappa shape index (κ1) is 22.5. The molecule has 2 fully saturated rings. The van der Waals surface area contributed by atoms with E-state index in [2.05, 4.69) is 52.7 Å². The van der Waals surface area contributed by atoms with Crippen molar-refractivity contribution in [2.75, 3.05) is 29.9 Å². The lowest BCUT2D eigenvalue weighted by molar-refractivity contribution is 0.0174. The Bertz CT molecular complexity index is 963. The Morgan fingerprint density at radius 2 is 1.88 bits per heavy atom. The molecule has 0 aromatic carbocycles. The van der Waals surface area contributed by atoms with Crippen molar-refractivity contribution in [1.29, 1.82) is 0 Å². The molecule has 0 spiro atoms. The third kappa shape index (κ3) is 5.03. The molecule has 1 unspecified atom stereocenters. The van der Waals surface area contributed by atoms with Gasteiger partial charge in [0.25, 0.3) is 5.92 Å². The van der Waals surface area contributed by atoms with Gasteiger partial charge in [0.1, 0.15) is 17.5 Å². The minimum Gasteiger partial charge on any atom is -0.375 e. The summed E-state index contributed by atoms with van der Waals surface area (Å²) in [5.41, 5.74) is 2.30. The van der Waals surface area contributed by atoms with Gasteiger partial charge in [-0.15, -0.1) is 0 Å². The van der Waals surface area contributed by atoms with E-state index in [0.29, 0.717) is 23.6 Å². The predicted octanol–water partition coefficient (Wildman–Crippen LogP) is 6.03. The molecule has 172 valence electrons. The topological polar surface area (TPSA) is 44.3 Å². The first-order valence-corrected chi connectivity index (χ1v) is 11.5. The molecule has 32 heavy (non-hydrogen) atoms.